The number of likely N-dealkylation sites (N-methyl/N-ethyl adjacent to an activating group) is 1. The van der Waals surface area contributed by atoms with Gasteiger partial charge in [-0.25, -0.2) is 4.39 Å². The third kappa shape index (κ3) is 3.84. The zero-order valence-electron chi connectivity index (χ0n) is 16.2. The van der Waals surface area contributed by atoms with E-state index in [9.17, 15) is 28.9 Å². The van der Waals surface area contributed by atoms with Crippen molar-refractivity contribution in [3.05, 3.63) is 69.5 Å². The van der Waals surface area contributed by atoms with Crippen LogP contribution in [-0.4, -0.2) is 58.7 Å². The zero-order chi connectivity index (χ0) is 22.0. The molecule has 0 radical (unpaired) electrons. The summed E-state index contributed by atoms with van der Waals surface area (Å²) >= 11 is 0. The van der Waals surface area contributed by atoms with Crippen molar-refractivity contribution in [1.82, 2.24) is 9.80 Å². The molecule has 0 bridgehead atoms. The minimum atomic E-state index is -1.16. The smallest absolute Gasteiger partial charge is 0.282 e. The molecule has 9 nitrogen and oxygen atoms in total. The summed E-state index contributed by atoms with van der Waals surface area (Å²) in [5.41, 5.74) is -0.889. The zero-order valence-corrected chi connectivity index (χ0v) is 16.2. The number of carbonyl (C=O) groups excluding carboxylic acids is 3. The number of halogens is 1. The molecule has 0 spiro atoms. The van der Waals surface area contributed by atoms with E-state index in [-0.39, 0.29) is 24.3 Å². The highest BCUT2D eigenvalue weighted by Gasteiger charge is 2.45. The Morgan fingerprint density at radius 3 is 2.50 bits per heavy atom. The van der Waals surface area contributed by atoms with Gasteiger partial charge in [-0.1, -0.05) is 6.07 Å². The van der Waals surface area contributed by atoms with Gasteiger partial charge in [0.15, 0.2) is 0 Å². The number of ether oxygens (including phenoxy) is 1. The van der Waals surface area contributed by atoms with Gasteiger partial charge in [0.2, 0.25) is 5.91 Å². The Morgan fingerprint density at radius 1 is 1.20 bits per heavy atom. The highest BCUT2D eigenvalue weighted by molar-refractivity contribution is 6.24. The lowest BCUT2D eigenvalue weighted by molar-refractivity contribution is -0.385. The molecule has 1 heterocycles. The monoisotopic (exact) mass is 415 g/mol. The Balaban J connectivity index is 1.67. The van der Waals surface area contributed by atoms with Gasteiger partial charge < -0.3 is 9.64 Å². The Kier molecular flexibility index (Phi) is 5.77. The van der Waals surface area contributed by atoms with Crippen molar-refractivity contribution in [1.29, 1.82) is 0 Å². The molecule has 2 aromatic carbocycles. The van der Waals surface area contributed by atoms with Crippen LogP contribution in [-0.2, 0) is 4.79 Å². The summed E-state index contributed by atoms with van der Waals surface area (Å²) in [5, 5.41) is 11.2. The lowest BCUT2D eigenvalue weighted by atomic mass is 10.1. The summed E-state index contributed by atoms with van der Waals surface area (Å²) in [6, 6.07) is 8.00. The lowest BCUT2D eigenvalue weighted by Gasteiger charge is -2.26. The van der Waals surface area contributed by atoms with Crippen LogP contribution < -0.4 is 4.74 Å². The van der Waals surface area contributed by atoms with Crippen LogP contribution >= 0.6 is 0 Å². The summed E-state index contributed by atoms with van der Waals surface area (Å²) in [6.07, 6.45) is 0. The first-order valence-electron chi connectivity index (χ1n) is 9.01. The molecular formula is C20H18FN3O6. The summed E-state index contributed by atoms with van der Waals surface area (Å²) in [7, 11) is 1.48. The summed E-state index contributed by atoms with van der Waals surface area (Å²) < 4.78 is 18.3. The van der Waals surface area contributed by atoms with E-state index in [1.54, 1.807) is 0 Å². The van der Waals surface area contributed by atoms with E-state index in [2.05, 4.69) is 0 Å². The molecule has 156 valence electrons. The first kappa shape index (κ1) is 20.9. The topological polar surface area (TPSA) is 110 Å². The van der Waals surface area contributed by atoms with Gasteiger partial charge >= 0.3 is 0 Å². The first-order chi connectivity index (χ1) is 14.2. The standard InChI is InChI=1S/C20H18FN3O6/c1-12(18(25)22(2)10-11-30-14-8-6-13(21)7-9-14)23-19(26)15-4-3-5-16(24(28)29)17(15)20(23)27/h3-9,12H,10-11H2,1-2H3/t12-/m0/s1. The second-order valence-electron chi connectivity index (χ2n) is 6.68. The van der Waals surface area contributed by atoms with E-state index < -0.39 is 40.2 Å². The number of nitro groups is 1. The molecule has 0 saturated carbocycles. The van der Waals surface area contributed by atoms with Crippen LogP contribution in [0.4, 0.5) is 10.1 Å². The quantitative estimate of drug-likeness (QED) is 0.390. The van der Waals surface area contributed by atoms with Gasteiger partial charge in [-0.2, -0.15) is 0 Å². The molecule has 3 rings (SSSR count). The maximum absolute atomic E-state index is 12.9. The molecule has 1 aliphatic heterocycles. The maximum atomic E-state index is 12.9. The van der Waals surface area contributed by atoms with Gasteiger partial charge in [-0.15, -0.1) is 0 Å². The largest absolute Gasteiger partial charge is 0.492 e. The molecule has 1 aliphatic rings. The molecule has 2 aromatic rings. The molecular weight excluding hydrogens is 397 g/mol. The normalized spacial score (nSPS) is 13.8. The minimum Gasteiger partial charge on any atom is -0.492 e. The van der Waals surface area contributed by atoms with Crippen LogP contribution in [0, 0.1) is 15.9 Å². The highest BCUT2D eigenvalue weighted by Crippen LogP contribution is 2.32. The van der Waals surface area contributed by atoms with E-state index in [1.807, 2.05) is 0 Å². The summed E-state index contributed by atoms with van der Waals surface area (Å²) in [5.74, 6) is -2.13. The Bertz CT molecular complexity index is 1020. The van der Waals surface area contributed by atoms with Crippen LogP contribution in [0.1, 0.15) is 27.6 Å². The van der Waals surface area contributed by atoms with Crippen molar-refractivity contribution < 1.29 is 28.4 Å². The number of nitrogens with zero attached hydrogens (tertiary/aromatic N) is 3. The fourth-order valence-corrected chi connectivity index (χ4v) is 3.16. The predicted octanol–water partition coefficient (Wildman–Crippen LogP) is 2.26. The van der Waals surface area contributed by atoms with Crippen LogP contribution in [0.15, 0.2) is 42.5 Å². The summed E-state index contributed by atoms with van der Waals surface area (Å²) in [4.78, 5) is 50.5. The molecule has 0 aromatic heterocycles. The molecule has 0 aliphatic carbocycles. The van der Waals surface area contributed by atoms with Crippen LogP contribution in [0.25, 0.3) is 0 Å². The van der Waals surface area contributed by atoms with Gasteiger partial charge in [0.1, 0.15) is 29.8 Å². The van der Waals surface area contributed by atoms with E-state index in [0.29, 0.717) is 5.75 Å². The van der Waals surface area contributed by atoms with Crippen LogP contribution in [0.2, 0.25) is 0 Å². The third-order valence-corrected chi connectivity index (χ3v) is 4.75. The molecule has 0 N–H and O–H groups in total. The van der Waals surface area contributed by atoms with Crippen molar-refractivity contribution >= 4 is 23.4 Å². The van der Waals surface area contributed by atoms with Crippen molar-refractivity contribution in [2.24, 2.45) is 0 Å². The van der Waals surface area contributed by atoms with Crippen LogP contribution in [0.3, 0.4) is 0 Å². The molecule has 0 unspecified atom stereocenters. The maximum Gasteiger partial charge on any atom is 0.282 e. The van der Waals surface area contributed by atoms with Crippen molar-refractivity contribution in [3.8, 4) is 5.75 Å². The molecule has 10 heteroatoms. The second-order valence-corrected chi connectivity index (χ2v) is 6.68. The molecule has 0 fully saturated rings. The number of carbonyl (C=O) groups is 3. The fourth-order valence-electron chi connectivity index (χ4n) is 3.16. The van der Waals surface area contributed by atoms with Gasteiger partial charge in [-0.05, 0) is 37.3 Å². The highest BCUT2D eigenvalue weighted by atomic mass is 19.1. The fraction of sp³-hybridized carbons (Fsp3) is 0.250. The predicted molar refractivity (Wildman–Crippen MR) is 103 cm³/mol. The Labute approximate surface area is 170 Å². The number of fused-ring (bicyclic) bond motifs is 1. The van der Waals surface area contributed by atoms with E-state index in [4.69, 9.17) is 4.74 Å². The molecule has 1 atom stereocenters. The molecule has 3 amide bonds. The second kappa shape index (κ2) is 8.27. The number of hydrogen-bond donors (Lipinski definition) is 0. The lowest BCUT2D eigenvalue weighted by Crippen LogP contribution is -2.49. The number of benzene rings is 2. The number of nitro benzene ring substituents is 1. The van der Waals surface area contributed by atoms with Crippen LogP contribution in [0.5, 0.6) is 5.75 Å². The average Bonchev–Trinajstić information content (AvgIpc) is 2.98. The van der Waals surface area contributed by atoms with E-state index in [0.717, 1.165) is 11.0 Å². The van der Waals surface area contributed by atoms with Gasteiger partial charge in [-0.3, -0.25) is 29.4 Å². The number of amides is 3. The van der Waals surface area contributed by atoms with Gasteiger partial charge in [0, 0.05) is 13.1 Å². The van der Waals surface area contributed by atoms with Crippen molar-refractivity contribution in [3.63, 3.8) is 0 Å². The number of rotatable bonds is 7. The Morgan fingerprint density at radius 2 is 1.87 bits per heavy atom. The van der Waals surface area contributed by atoms with Crippen molar-refractivity contribution in [2.75, 3.05) is 20.2 Å². The number of hydrogen-bond acceptors (Lipinski definition) is 6. The van der Waals surface area contributed by atoms with E-state index >= 15 is 0 Å². The van der Waals surface area contributed by atoms with Gasteiger partial charge in [0.25, 0.3) is 17.5 Å². The average molecular weight is 415 g/mol. The minimum absolute atomic E-state index is 0.101. The third-order valence-electron chi connectivity index (χ3n) is 4.75. The molecule has 30 heavy (non-hydrogen) atoms. The SMILES string of the molecule is C[C@@H](C(=O)N(C)CCOc1ccc(F)cc1)N1C(=O)c2cccc([N+](=O)[O-])c2C1=O. The van der Waals surface area contributed by atoms with E-state index in [1.165, 1.54) is 55.3 Å². The van der Waals surface area contributed by atoms with Gasteiger partial charge in [0.05, 0.1) is 17.0 Å². The Hall–Kier alpha value is -3.82. The number of imide groups is 1. The van der Waals surface area contributed by atoms with Crippen molar-refractivity contribution in [2.45, 2.75) is 13.0 Å². The first-order valence-corrected chi connectivity index (χ1v) is 9.01. The molecule has 0 saturated heterocycles. The summed E-state index contributed by atoms with van der Waals surface area (Å²) in [6.45, 7) is 1.63.